The van der Waals surface area contributed by atoms with E-state index in [-0.39, 0.29) is 28.6 Å². The SMILES string of the molecule is COc1cc(OC)c([C@H](N)C(F)(F)F)c(OC)c1OC. The fourth-order valence-corrected chi connectivity index (χ4v) is 1.78. The Morgan fingerprint density at radius 1 is 0.900 bits per heavy atom. The molecule has 0 aliphatic heterocycles. The molecule has 0 aliphatic rings. The van der Waals surface area contributed by atoms with Crippen molar-refractivity contribution >= 4 is 0 Å². The number of alkyl halides is 3. The second-order valence-electron chi connectivity index (χ2n) is 3.78. The molecule has 0 bridgehead atoms. The quantitative estimate of drug-likeness (QED) is 0.903. The van der Waals surface area contributed by atoms with Crippen LogP contribution in [0.15, 0.2) is 6.07 Å². The molecule has 1 aromatic rings. The third kappa shape index (κ3) is 2.84. The molecule has 0 aromatic heterocycles. The van der Waals surface area contributed by atoms with Crippen LogP contribution in [0.4, 0.5) is 13.2 Å². The summed E-state index contributed by atoms with van der Waals surface area (Å²) < 4.78 is 58.7. The zero-order valence-electron chi connectivity index (χ0n) is 11.5. The molecule has 1 atom stereocenters. The van der Waals surface area contributed by atoms with E-state index in [0.29, 0.717) is 0 Å². The molecule has 5 nitrogen and oxygen atoms in total. The summed E-state index contributed by atoms with van der Waals surface area (Å²) in [6.07, 6.45) is -4.65. The zero-order valence-corrected chi connectivity index (χ0v) is 11.5. The van der Waals surface area contributed by atoms with Crippen LogP contribution < -0.4 is 24.7 Å². The molecule has 0 fully saturated rings. The van der Waals surface area contributed by atoms with Crippen LogP contribution in [0.5, 0.6) is 23.0 Å². The molecule has 1 aromatic carbocycles. The van der Waals surface area contributed by atoms with E-state index in [1.54, 1.807) is 0 Å². The third-order valence-corrected chi connectivity index (χ3v) is 2.71. The smallest absolute Gasteiger partial charge is 0.407 e. The van der Waals surface area contributed by atoms with Crippen molar-refractivity contribution in [3.8, 4) is 23.0 Å². The monoisotopic (exact) mass is 295 g/mol. The molecule has 0 aliphatic carbocycles. The van der Waals surface area contributed by atoms with Gasteiger partial charge < -0.3 is 24.7 Å². The van der Waals surface area contributed by atoms with E-state index in [4.69, 9.17) is 24.7 Å². The Morgan fingerprint density at radius 2 is 1.40 bits per heavy atom. The Hall–Kier alpha value is -1.83. The van der Waals surface area contributed by atoms with Gasteiger partial charge in [-0.3, -0.25) is 0 Å². The van der Waals surface area contributed by atoms with Gasteiger partial charge in [0.25, 0.3) is 0 Å². The highest BCUT2D eigenvalue weighted by Crippen LogP contribution is 2.49. The molecule has 0 saturated heterocycles. The highest BCUT2D eigenvalue weighted by Gasteiger charge is 2.42. The summed E-state index contributed by atoms with van der Waals surface area (Å²) in [5.74, 6) is -0.0670. The van der Waals surface area contributed by atoms with Gasteiger partial charge >= 0.3 is 6.18 Å². The minimum absolute atomic E-state index is 0.0190. The molecule has 0 heterocycles. The first-order valence-electron chi connectivity index (χ1n) is 5.50. The molecule has 2 N–H and O–H groups in total. The van der Waals surface area contributed by atoms with Crippen molar-refractivity contribution in [1.82, 2.24) is 0 Å². The van der Waals surface area contributed by atoms with E-state index in [2.05, 4.69) is 0 Å². The second-order valence-corrected chi connectivity index (χ2v) is 3.78. The maximum atomic E-state index is 12.9. The van der Waals surface area contributed by atoms with Gasteiger partial charge in [-0.05, 0) is 0 Å². The van der Waals surface area contributed by atoms with Gasteiger partial charge in [0.2, 0.25) is 5.75 Å². The van der Waals surface area contributed by atoms with Crippen molar-refractivity contribution < 1.29 is 32.1 Å². The summed E-state index contributed by atoms with van der Waals surface area (Å²) in [5, 5.41) is 0. The average molecular weight is 295 g/mol. The first-order chi connectivity index (χ1) is 9.31. The summed E-state index contributed by atoms with van der Waals surface area (Å²) in [6.45, 7) is 0. The van der Waals surface area contributed by atoms with E-state index in [9.17, 15) is 13.2 Å². The van der Waals surface area contributed by atoms with E-state index < -0.39 is 12.2 Å². The summed E-state index contributed by atoms with van der Waals surface area (Å²) in [5.41, 5.74) is 4.91. The van der Waals surface area contributed by atoms with E-state index in [1.165, 1.54) is 34.5 Å². The molecular weight excluding hydrogens is 279 g/mol. The van der Waals surface area contributed by atoms with Gasteiger partial charge in [0.1, 0.15) is 11.8 Å². The van der Waals surface area contributed by atoms with Crippen molar-refractivity contribution in [1.29, 1.82) is 0 Å². The molecule has 0 saturated carbocycles. The molecule has 8 heteroatoms. The van der Waals surface area contributed by atoms with Crippen LogP contribution >= 0.6 is 0 Å². The largest absolute Gasteiger partial charge is 0.496 e. The van der Waals surface area contributed by atoms with Gasteiger partial charge in [-0.25, -0.2) is 0 Å². The zero-order chi connectivity index (χ0) is 15.5. The number of benzene rings is 1. The van der Waals surface area contributed by atoms with Gasteiger partial charge in [-0.2, -0.15) is 13.2 Å². The fourth-order valence-electron chi connectivity index (χ4n) is 1.78. The van der Waals surface area contributed by atoms with Crippen LogP contribution in [0.1, 0.15) is 11.6 Å². The van der Waals surface area contributed by atoms with Gasteiger partial charge in [-0.15, -0.1) is 0 Å². The number of ether oxygens (including phenoxy) is 4. The van der Waals surface area contributed by atoms with Crippen LogP contribution in [0.2, 0.25) is 0 Å². The Balaban J connectivity index is 3.63. The highest BCUT2D eigenvalue weighted by atomic mass is 19.4. The number of halogens is 3. The molecule has 114 valence electrons. The minimum Gasteiger partial charge on any atom is -0.496 e. The average Bonchev–Trinajstić information content (AvgIpc) is 2.42. The Bertz CT molecular complexity index is 477. The molecule has 0 radical (unpaired) electrons. The van der Waals surface area contributed by atoms with Gasteiger partial charge in [0, 0.05) is 6.07 Å². The van der Waals surface area contributed by atoms with Crippen molar-refractivity contribution in [3.05, 3.63) is 11.6 Å². The van der Waals surface area contributed by atoms with Crippen molar-refractivity contribution in [3.63, 3.8) is 0 Å². The van der Waals surface area contributed by atoms with Crippen molar-refractivity contribution in [2.45, 2.75) is 12.2 Å². The van der Waals surface area contributed by atoms with Crippen LogP contribution in [-0.4, -0.2) is 34.6 Å². The predicted molar refractivity (Wildman–Crippen MR) is 65.6 cm³/mol. The Kier molecular flexibility index (Phi) is 4.93. The maximum Gasteiger partial charge on any atom is 0.407 e. The highest BCUT2D eigenvalue weighted by molar-refractivity contribution is 5.63. The standard InChI is InChI=1S/C12H16F3NO4/c1-17-6-5-7(18-2)9(19-3)10(20-4)8(6)11(16)12(13,14)15/h5,11H,16H2,1-4H3/t11-/m0/s1. The molecule has 0 amide bonds. The number of hydrogen-bond acceptors (Lipinski definition) is 5. The third-order valence-electron chi connectivity index (χ3n) is 2.71. The van der Waals surface area contributed by atoms with Crippen LogP contribution in [0, 0.1) is 0 Å². The lowest BCUT2D eigenvalue weighted by Gasteiger charge is -2.23. The predicted octanol–water partition coefficient (Wildman–Crippen LogP) is 2.28. The number of methoxy groups -OCH3 is 4. The number of rotatable bonds is 5. The molecule has 1 rings (SSSR count). The van der Waals surface area contributed by atoms with Crippen molar-refractivity contribution in [2.75, 3.05) is 28.4 Å². The minimum atomic E-state index is -4.65. The normalized spacial score (nSPS) is 12.8. The molecule has 20 heavy (non-hydrogen) atoms. The molecule has 0 unspecified atom stereocenters. The maximum absolute atomic E-state index is 12.9. The van der Waals surface area contributed by atoms with Crippen LogP contribution in [-0.2, 0) is 0 Å². The Morgan fingerprint density at radius 3 is 1.75 bits per heavy atom. The first kappa shape index (κ1) is 16.2. The van der Waals surface area contributed by atoms with Gasteiger partial charge in [0.15, 0.2) is 11.5 Å². The fraction of sp³-hybridized carbons (Fsp3) is 0.500. The summed E-state index contributed by atoms with van der Waals surface area (Å²) in [7, 11) is 5.08. The number of nitrogens with two attached hydrogens (primary N) is 1. The van der Waals surface area contributed by atoms with Gasteiger partial charge in [0.05, 0.1) is 34.0 Å². The summed E-state index contributed by atoms with van der Waals surface area (Å²) >= 11 is 0. The lowest BCUT2D eigenvalue weighted by Crippen LogP contribution is -2.29. The van der Waals surface area contributed by atoms with E-state index in [0.717, 1.165) is 0 Å². The van der Waals surface area contributed by atoms with E-state index >= 15 is 0 Å². The van der Waals surface area contributed by atoms with Crippen molar-refractivity contribution in [2.24, 2.45) is 5.73 Å². The lowest BCUT2D eigenvalue weighted by atomic mass is 10.0. The Labute approximate surface area is 114 Å². The van der Waals surface area contributed by atoms with E-state index in [1.807, 2.05) is 0 Å². The molecule has 0 spiro atoms. The number of hydrogen-bond donors (Lipinski definition) is 1. The topological polar surface area (TPSA) is 62.9 Å². The van der Waals surface area contributed by atoms with Crippen LogP contribution in [0.25, 0.3) is 0 Å². The van der Waals surface area contributed by atoms with Gasteiger partial charge in [-0.1, -0.05) is 0 Å². The molecular formula is C12H16F3NO4. The second kappa shape index (κ2) is 6.08. The lowest BCUT2D eigenvalue weighted by molar-refractivity contribution is -0.149. The first-order valence-corrected chi connectivity index (χ1v) is 5.50. The summed E-state index contributed by atoms with van der Waals surface area (Å²) in [4.78, 5) is 0. The summed E-state index contributed by atoms with van der Waals surface area (Å²) in [6, 6.07) is -1.00. The van der Waals surface area contributed by atoms with Crippen LogP contribution in [0.3, 0.4) is 0 Å².